The zero-order valence-electron chi connectivity index (χ0n) is 12.1. The number of ketones is 1. The van der Waals surface area contributed by atoms with Crippen LogP contribution in [-0.4, -0.2) is 38.7 Å². The molecule has 5 nitrogen and oxygen atoms in total. The van der Waals surface area contributed by atoms with E-state index >= 15 is 0 Å². The van der Waals surface area contributed by atoms with Crippen LogP contribution < -0.4 is 4.74 Å². The molecule has 1 aliphatic heterocycles. The fourth-order valence-corrected chi connectivity index (χ4v) is 3.54. The molecule has 112 valence electrons. The van der Waals surface area contributed by atoms with Crippen LogP contribution in [0.4, 0.5) is 0 Å². The van der Waals surface area contributed by atoms with Gasteiger partial charge in [-0.25, -0.2) is 8.42 Å². The summed E-state index contributed by atoms with van der Waals surface area (Å²) < 4.78 is 31.2. The minimum absolute atomic E-state index is 0.112. The number of Topliss-reactive ketones (excluding diaryl/α,β-unsaturated/α-hetero) is 1. The van der Waals surface area contributed by atoms with Crippen molar-refractivity contribution in [2.45, 2.75) is 31.6 Å². The van der Waals surface area contributed by atoms with E-state index in [0.717, 1.165) is 0 Å². The topological polar surface area (TPSA) is 63.7 Å². The predicted molar refractivity (Wildman–Crippen MR) is 77.3 cm³/mol. The second-order valence-corrected chi connectivity index (χ2v) is 6.00. The number of carbonyl (C=O) groups is 1. The molecule has 1 aromatic rings. The average molecular weight is 299 g/mol. The first-order chi connectivity index (χ1) is 9.55. The summed E-state index contributed by atoms with van der Waals surface area (Å²) in [6, 6.07) is 6.51. The van der Waals surface area contributed by atoms with Crippen LogP contribution >= 0.6 is 0 Å². The fraction of sp³-hybridized carbons (Fsp3) is 0.500. The van der Waals surface area contributed by atoms with Crippen molar-refractivity contribution in [2.24, 2.45) is 0 Å². The van der Waals surface area contributed by atoms with Crippen molar-refractivity contribution in [3.8, 4) is 5.75 Å². The number of hydrogen-bond donors (Lipinski definition) is 0. The van der Waals surface area contributed by atoms with Crippen LogP contribution in [-0.2, 0) is 14.8 Å². The molecule has 1 aliphatic rings. The smallest absolute Gasteiger partial charge is 0.246 e. The molecule has 20 heavy (non-hydrogen) atoms. The highest BCUT2D eigenvalue weighted by Crippen LogP contribution is 2.27. The van der Waals surface area contributed by atoms with E-state index in [-0.39, 0.29) is 36.6 Å². The van der Waals surface area contributed by atoms with Gasteiger partial charge in [0.15, 0.2) is 0 Å². The summed E-state index contributed by atoms with van der Waals surface area (Å²) in [5, 5.41) is 0. The molecule has 0 bridgehead atoms. The van der Waals surface area contributed by atoms with Crippen LogP contribution in [0.3, 0.4) is 0 Å². The van der Waals surface area contributed by atoms with Gasteiger partial charge in [0.25, 0.3) is 0 Å². The van der Waals surface area contributed by atoms with E-state index in [1.54, 1.807) is 18.2 Å². The predicted octanol–water partition coefficient (Wildman–Crippen LogP) is 2.08. The quantitative estimate of drug-likeness (QED) is 0.857. The van der Waals surface area contributed by atoms with Crippen LogP contribution in [0.15, 0.2) is 29.2 Å². The maximum absolute atomic E-state index is 12.4. The summed E-state index contributed by atoms with van der Waals surface area (Å²) in [6.07, 6.45) is 0.572. The summed E-state index contributed by atoms with van der Waals surface area (Å²) in [5.41, 5.74) is 0. The second-order valence-electron chi connectivity index (χ2n) is 4.09. The van der Waals surface area contributed by atoms with E-state index < -0.39 is 10.0 Å². The third kappa shape index (κ3) is 3.58. The van der Waals surface area contributed by atoms with Gasteiger partial charge in [0.2, 0.25) is 10.0 Å². The number of benzene rings is 1. The van der Waals surface area contributed by atoms with Gasteiger partial charge in [-0.15, -0.1) is 0 Å². The first-order valence-corrected chi connectivity index (χ1v) is 8.14. The number of para-hydroxylation sites is 1. The second kappa shape index (κ2) is 7.40. The summed E-state index contributed by atoms with van der Waals surface area (Å²) in [5.74, 6) is 0.441. The molecule has 1 heterocycles. The van der Waals surface area contributed by atoms with Crippen LogP contribution in [0.1, 0.15) is 26.7 Å². The molecule has 2 rings (SSSR count). The number of rotatable bonds is 3. The summed E-state index contributed by atoms with van der Waals surface area (Å²) in [6.45, 7) is 4.50. The SMILES string of the molecule is CC.COc1ccccc1S(=O)(=O)N1CCC(=O)CC1. The molecule has 0 aromatic heterocycles. The summed E-state index contributed by atoms with van der Waals surface area (Å²) >= 11 is 0. The molecule has 0 atom stereocenters. The lowest BCUT2D eigenvalue weighted by Crippen LogP contribution is -2.38. The van der Waals surface area contributed by atoms with Gasteiger partial charge in [0, 0.05) is 25.9 Å². The van der Waals surface area contributed by atoms with Gasteiger partial charge < -0.3 is 4.74 Å². The lowest BCUT2D eigenvalue weighted by Gasteiger charge is -2.25. The normalized spacial score (nSPS) is 16.2. The Labute approximate surface area is 120 Å². The maximum Gasteiger partial charge on any atom is 0.246 e. The molecule has 0 radical (unpaired) electrons. The Bertz CT molecular complexity index is 544. The van der Waals surface area contributed by atoms with Crippen molar-refractivity contribution >= 4 is 15.8 Å². The van der Waals surface area contributed by atoms with Gasteiger partial charge >= 0.3 is 0 Å². The van der Waals surface area contributed by atoms with Crippen molar-refractivity contribution in [3.05, 3.63) is 24.3 Å². The lowest BCUT2D eigenvalue weighted by molar-refractivity contribution is -0.120. The van der Waals surface area contributed by atoms with Gasteiger partial charge in [-0.05, 0) is 12.1 Å². The number of nitrogens with zero attached hydrogens (tertiary/aromatic N) is 1. The van der Waals surface area contributed by atoms with Gasteiger partial charge in [-0.1, -0.05) is 26.0 Å². The Morgan fingerprint density at radius 3 is 2.20 bits per heavy atom. The molecule has 6 heteroatoms. The standard InChI is InChI=1S/C12H15NO4S.C2H6/c1-17-11-4-2-3-5-12(11)18(15,16)13-8-6-10(14)7-9-13;1-2/h2-5H,6-9H2,1H3;1-2H3. The van der Waals surface area contributed by atoms with Crippen molar-refractivity contribution in [1.82, 2.24) is 4.31 Å². The Morgan fingerprint density at radius 2 is 1.65 bits per heavy atom. The van der Waals surface area contributed by atoms with Gasteiger partial charge in [0.1, 0.15) is 16.4 Å². The van der Waals surface area contributed by atoms with Crippen LogP contribution in [0.5, 0.6) is 5.75 Å². The summed E-state index contributed by atoms with van der Waals surface area (Å²) in [7, 11) is -2.13. The number of sulfonamides is 1. The van der Waals surface area contributed by atoms with Crippen LogP contribution in [0.2, 0.25) is 0 Å². The number of ether oxygens (including phenoxy) is 1. The zero-order valence-corrected chi connectivity index (χ0v) is 12.9. The van der Waals surface area contributed by atoms with Crippen molar-refractivity contribution in [3.63, 3.8) is 0 Å². The van der Waals surface area contributed by atoms with Crippen LogP contribution in [0, 0.1) is 0 Å². The molecule has 1 aromatic carbocycles. The molecular formula is C14H21NO4S. The van der Waals surface area contributed by atoms with E-state index in [1.165, 1.54) is 17.5 Å². The van der Waals surface area contributed by atoms with E-state index in [2.05, 4.69) is 0 Å². The van der Waals surface area contributed by atoms with Crippen LogP contribution in [0.25, 0.3) is 0 Å². The largest absolute Gasteiger partial charge is 0.495 e. The monoisotopic (exact) mass is 299 g/mol. The molecule has 0 spiro atoms. The van der Waals surface area contributed by atoms with E-state index in [4.69, 9.17) is 4.74 Å². The average Bonchev–Trinajstić information content (AvgIpc) is 2.49. The third-order valence-corrected chi connectivity index (χ3v) is 4.91. The minimum Gasteiger partial charge on any atom is -0.495 e. The number of piperidine rings is 1. The molecule has 0 amide bonds. The van der Waals surface area contributed by atoms with Gasteiger partial charge in [-0.3, -0.25) is 4.79 Å². The first kappa shape index (κ1) is 16.7. The molecular weight excluding hydrogens is 278 g/mol. The molecule has 1 fully saturated rings. The fourth-order valence-electron chi connectivity index (χ4n) is 1.95. The Hall–Kier alpha value is -1.40. The van der Waals surface area contributed by atoms with E-state index in [0.29, 0.717) is 5.75 Å². The minimum atomic E-state index is -3.57. The van der Waals surface area contributed by atoms with Crippen molar-refractivity contribution in [1.29, 1.82) is 0 Å². The Kier molecular flexibility index (Phi) is 6.16. The lowest BCUT2D eigenvalue weighted by atomic mass is 10.1. The molecule has 0 unspecified atom stereocenters. The van der Waals surface area contributed by atoms with Gasteiger partial charge in [-0.2, -0.15) is 4.31 Å². The Balaban J connectivity index is 0.000000956. The molecule has 0 saturated carbocycles. The first-order valence-electron chi connectivity index (χ1n) is 6.70. The highest BCUT2D eigenvalue weighted by atomic mass is 32.2. The molecule has 1 saturated heterocycles. The van der Waals surface area contributed by atoms with E-state index in [1.807, 2.05) is 13.8 Å². The molecule has 0 aliphatic carbocycles. The highest BCUT2D eigenvalue weighted by molar-refractivity contribution is 7.89. The zero-order chi connectivity index (χ0) is 15.2. The maximum atomic E-state index is 12.4. The van der Waals surface area contributed by atoms with Crippen molar-refractivity contribution in [2.75, 3.05) is 20.2 Å². The van der Waals surface area contributed by atoms with Crippen molar-refractivity contribution < 1.29 is 17.9 Å². The number of hydrogen-bond acceptors (Lipinski definition) is 4. The van der Waals surface area contributed by atoms with Gasteiger partial charge in [0.05, 0.1) is 7.11 Å². The third-order valence-electron chi connectivity index (χ3n) is 2.97. The Morgan fingerprint density at radius 1 is 1.10 bits per heavy atom. The molecule has 0 N–H and O–H groups in total. The number of carbonyl (C=O) groups excluding carboxylic acids is 1. The highest BCUT2D eigenvalue weighted by Gasteiger charge is 2.30. The number of methoxy groups -OCH3 is 1. The summed E-state index contributed by atoms with van der Waals surface area (Å²) in [4.78, 5) is 11.3. The van der Waals surface area contributed by atoms with E-state index in [9.17, 15) is 13.2 Å².